The number of carbonyl (C=O) groups is 1. The molecule has 0 radical (unpaired) electrons. The van der Waals surface area contributed by atoms with Crippen molar-refractivity contribution in [1.82, 2.24) is 19.8 Å². The Morgan fingerprint density at radius 1 is 1.24 bits per heavy atom. The number of halogens is 4. The number of likely N-dealkylation sites (tertiary alicyclic amines) is 1. The summed E-state index contributed by atoms with van der Waals surface area (Å²) < 4.78 is 40.9. The second-order valence-corrected chi connectivity index (χ2v) is 9.18. The zero-order chi connectivity index (χ0) is 24.6. The maximum absolute atomic E-state index is 14.6. The van der Waals surface area contributed by atoms with Gasteiger partial charge < -0.3 is 15.1 Å². The van der Waals surface area contributed by atoms with Crippen molar-refractivity contribution in [2.45, 2.75) is 45.3 Å². The van der Waals surface area contributed by atoms with Crippen molar-refractivity contribution in [3.8, 4) is 6.07 Å². The number of nitrogens with one attached hydrogen (secondary N) is 1. The van der Waals surface area contributed by atoms with Gasteiger partial charge in [-0.1, -0.05) is 18.2 Å². The van der Waals surface area contributed by atoms with E-state index in [9.17, 15) is 23.2 Å². The lowest BCUT2D eigenvalue weighted by Gasteiger charge is -2.36. The molecule has 2 aliphatic rings. The van der Waals surface area contributed by atoms with E-state index in [2.05, 4.69) is 26.3 Å². The van der Waals surface area contributed by atoms with Crippen molar-refractivity contribution < 1.29 is 18.0 Å². The van der Waals surface area contributed by atoms with Crippen LogP contribution in [0.25, 0.3) is 0 Å². The smallest absolute Gasteiger partial charge is 0.266 e. The fraction of sp³-hybridized carbons (Fsp3) is 0.478. The molecule has 0 unspecified atom stereocenters. The Hall–Kier alpha value is -2.90. The molecule has 11 heteroatoms. The first-order valence-electron chi connectivity index (χ1n) is 10.9. The molecule has 1 atom stereocenters. The van der Waals surface area contributed by atoms with Gasteiger partial charge in [0, 0.05) is 11.1 Å². The Bertz CT molecular complexity index is 1150. The van der Waals surface area contributed by atoms with Gasteiger partial charge in [-0.2, -0.15) is 5.26 Å². The molecule has 0 aliphatic carbocycles. The van der Waals surface area contributed by atoms with Gasteiger partial charge in [0.1, 0.15) is 17.1 Å². The molecule has 34 heavy (non-hydrogen) atoms. The Labute approximate surface area is 200 Å². The molecule has 180 valence electrons. The standard InChI is InChI=1S/C23H24ClF3N6O/c1-13(14-4-3-5-15(18(14)25)19(26)27)29-20-16-10-33(11-17(16)30-22(24)31-20)21(34)23(12-28)6-8-32(2)9-7-23/h3-5,13,19H,6-11H2,1-2H3,(H,29,30,31)/t13-/m1/s1. The monoisotopic (exact) mass is 492 g/mol. The number of hydrogen-bond donors (Lipinski definition) is 1. The van der Waals surface area contributed by atoms with Crippen LogP contribution < -0.4 is 5.32 Å². The van der Waals surface area contributed by atoms with E-state index in [1.54, 1.807) is 11.8 Å². The minimum atomic E-state index is -2.93. The van der Waals surface area contributed by atoms with Gasteiger partial charge in [0.05, 0.1) is 36.5 Å². The molecule has 1 aromatic carbocycles. The van der Waals surface area contributed by atoms with Gasteiger partial charge in [0.2, 0.25) is 11.2 Å². The number of anilines is 1. The van der Waals surface area contributed by atoms with Crippen molar-refractivity contribution in [3.63, 3.8) is 0 Å². The van der Waals surface area contributed by atoms with Gasteiger partial charge in [-0.05, 0) is 51.5 Å². The van der Waals surface area contributed by atoms with Crippen LogP contribution in [0.5, 0.6) is 0 Å². The van der Waals surface area contributed by atoms with Crippen LogP contribution >= 0.6 is 11.6 Å². The fourth-order valence-electron chi connectivity index (χ4n) is 4.52. The van der Waals surface area contributed by atoms with Crippen LogP contribution in [0.2, 0.25) is 5.28 Å². The van der Waals surface area contributed by atoms with Gasteiger partial charge >= 0.3 is 0 Å². The summed E-state index contributed by atoms with van der Waals surface area (Å²) in [5, 5.41) is 12.8. The third kappa shape index (κ3) is 4.42. The summed E-state index contributed by atoms with van der Waals surface area (Å²) in [6.45, 7) is 3.27. The lowest BCUT2D eigenvalue weighted by atomic mass is 9.78. The van der Waals surface area contributed by atoms with Crippen LogP contribution in [-0.2, 0) is 17.9 Å². The number of piperidine rings is 1. The highest BCUT2D eigenvalue weighted by atomic mass is 35.5. The molecule has 1 saturated heterocycles. The van der Waals surface area contributed by atoms with Gasteiger partial charge in [0.25, 0.3) is 6.43 Å². The summed E-state index contributed by atoms with van der Waals surface area (Å²) in [6.07, 6.45) is -2.04. The highest BCUT2D eigenvalue weighted by Crippen LogP contribution is 2.38. The molecule has 1 N–H and O–H groups in total. The van der Waals surface area contributed by atoms with Crippen molar-refractivity contribution in [2.24, 2.45) is 5.41 Å². The molecule has 1 aromatic heterocycles. The molecule has 1 amide bonds. The molecule has 1 fully saturated rings. The Morgan fingerprint density at radius 3 is 2.56 bits per heavy atom. The lowest BCUT2D eigenvalue weighted by molar-refractivity contribution is -0.141. The van der Waals surface area contributed by atoms with Gasteiger partial charge in [-0.25, -0.2) is 23.1 Å². The second-order valence-electron chi connectivity index (χ2n) is 8.84. The Balaban J connectivity index is 1.58. The number of alkyl halides is 2. The molecule has 0 spiro atoms. The summed E-state index contributed by atoms with van der Waals surface area (Å²) in [5.41, 5.74) is -0.566. The average Bonchev–Trinajstić information content (AvgIpc) is 3.23. The van der Waals surface area contributed by atoms with Gasteiger partial charge in [-0.15, -0.1) is 0 Å². The molecule has 7 nitrogen and oxygen atoms in total. The Kier molecular flexibility index (Phi) is 6.69. The Morgan fingerprint density at radius 2 is 1.91 bits per heavy atom. The number of benzene rings is 1. The lowest BCUT2D eigenvalue weighted by Crippen LogP contribution is -2.47. The predicted octanol–water partition coefficient (Wildman–Crippen LogP) is 4.46. The summed E-state index contributed by atoms with van der Waals surface area (Å²) in [4.78, 5) is 25.5. The van der Waals surface area contributed by atoms with Crippen LogP contribution in [0.3, 0.4) is 0 Å². The zero-order valence-electron chi connectivity index (χ0n) is 18.8. The number of rotatable bonds is 5. The van der Waals surface area contributed by atoms with Crippen molar-refractivity contribution in [1.29, 1.82) is 5.26 Å². The topological polar surface area (TPSA) is 85.1 Å². The maximum Gasteiger partial charge on any atom is 0.266 e. The molecule has 3 heterocycles. The van der Waals surface area contributed by atoms with Crippen LogP contribution in [-0.4, -0.2) is 45.8 Å². The van der Waals surface area contributed by atoms with Crippen LogP contribution in [0, 0.1) is 22.6 Å². The summed E-state index contributed by atoms with van der Waals surface area (Å²) in [5.74, 6) is -0.940. The van der Waals surface area contributed by atoms with Crippen molar-refractivity contribution >= 4 is 23.3 Å². The molecular weight excluding hydrogens is 469 g/mol. The molecular formula is C23H24ClF3N6O. The van der Waals surface area contributed by atoms with E-state index in [1.165, 1.54) is 12.1 Å². The van der Waals surface area contributed by atoms with E-state index in [0.717, 1.165) is 6.07 Å². The second kappa shape index (κ2) is 9.39. The highest BCUT2D eigenvalue weighted by molar-refractivity contribution is 6.28. The average molecular weight is 493 g/mol. The van der Waals surface area contributed by atoms with E-state index >= 15 is 0 Å². The largest absolute Gasteiger partial charge is 0.363 e. The minimum Gasteiger partial charge on any atom is -0.363 e. The number of carbonyl (C=O) groups excluding carboxylic acids is 1. The number of aromatic nitrogens is 2. The quantitative estimate of drug-likeness (QED) is 0.620. The van der Waals surface area contributed by atoms with Crippen molar-refractivity contribution in [3.05, 3.63) is 51.7 Å². The molecule has 4 rings (SSSR count). The zero-order valence-corrected chi connectivity index (χ0v) is 19.5. The van der Waals surface area contributed by atoms with E-state index in [-0.39, 0.29) is 29.8 Å². The maximum atomic E-state index is 14.6. The van der Waals surface area contributed by atoms with Crippen molar-refractivity contribution in [2.75, 3.05) is 25.5 Å². The van der Waals surface area contributed by atoms with Gasteiger partial charge in [-0.3, -0.25) is 4.79 Å². The van der Waals surface area contributed by atoms with Crippen LogP contribution in [0.15, 0.2) is 18.2 Å². The number of nitrogens with zero attached hydrogens (tertiary/aromatic N) is 5. The third-order valence-electron chi connectivity index (χ3n) is 6.62. The predicted molar refractivity (Wildman–Crippen MR) is 119 cm³/mol. The molecule has 2 aromatic rings. The van der Waals surface area contributed by atoms with E-state index in [1.807, 2.05) is 7.05 Å². The van der Waals surface area contributed by atoms with E-state index in [4.69, 9.17) is 11.6 Å². The summed E-state index contributed by atoms with van der Waals surface area (Å²) in [6, 6.07) is 5.38. The fourth-order valence-corrected chi connectivity index (χ4v) is 4.70. The van der Waals surface area contributed by atoms with E-state index in [0.29, 0.717) is 43.0 Å². The number of hydrogen-bond acceptors (Lipinski definition) is 6. The third-order valence-corrected chi connectivity index (χ3v) is 6.79. The van der Waals surface area contributed by atoms with Crippen LogP contribution in [0.4, 0.5) is 19.0 Å². The van der Waals surface area contributed by atoms with Crippen LogP contribution in [0.1, 0.15) is 54.6 Å². The number of amides is 1. The first-order chi connectivity index (χ1) is 16.1. The molecule has 2 aliphatic heterocycles. The number of nitriles is 1. The SMILES string of the molecule is C[C@@H](Nc1nc(Cl)nc2c1CN(C(=O)C1(C#N)CCN(C)CC1)C2)c1cccc(C(F)F)c1F. The summed E-state index contributed by atoms with van der Waals surface area (Å²) >= 11 is 6.11. The first-order valence-corrected chi connectivity index (χ1v) is 11.3. The first kappa shape index (κ1) is 24.2. The molecule has 0 saturated carbocycles. The van der Waals surface area contributed by atoms with E-state index < -0.39 is 29.3 Å². The number of fused-ring (bicyclic) bond motifs is 1. The summed E-state index contributed by atoms with van der Waals surface area (Å²) in [7, 11) is 1.95. The molecule has 0 bridgehead atoms. The minimum absolute atomic E-state index is 0.0566. The highest BCUT2D eigenvalue weighted by Gasteiger charge is 2.45. The normalized spacial score (nSPS) is 18.5. The van der Waals surface area contributed by atoms with Gasteiger partial charge in [0.15, 0.2) is 0 Å².